The second-order valence-corrected chi connectivity index (χ2v) is 5.41. The first-order valence-electron chi connectivity index (χ1n) is 4.60. The van der Waals surface area contributed by atoms with E-state index in [4.69, 9.17) is 0 Å². The van der Waals surface area contributed by atoms with E-state index in [0.29, 0.717) is 0 Å². The molecule has 2 atom stereocenters. The second-order valence-electron chi connectivity index (χ2n) is 3.37. The Balaban J connectivity index is 4.44. The molecule has 0 aliphatic rings. The molecule has 0 spiro atoms. The lowest BCUT2D eigenvalue weighted by atomic mass is 10.3. The van der Waals surface area contributed by atoms with Crippen molar-refractivity contribution in [2.45, 2.75) is 32.1 Å². The van der Waals surface area contributed by atoms with E-state index >= 15 is 0 Å². The third kappa shape index (κ3) is 5.51. The van der Waals surface area contributed by atoms with Crippen LogP contribution in [0.15, 0.2) is 0 Å². The van der Waals surface area contributed by atoms with Gasteiger partial charge in [-0.1, -0.05) is 13.8 Å². The zero-order chi connectivity index (χ0) is 12.0. The number of hydrogen-bond donors (Lipinski definition) is 1. The fourth-order valence-electron chi connectivity index (χ4n) is 0.913. The first kappa shape index (κ1) is 14.1. The van der Waals surface area contributed by atoms with Gasteiger partial charge in [0.25, 0.3) is 0 Å². The van der Waals surface area contributed by atoms with Crippen LogP contribution in [0.25, 0.3) is 0 Å². The van der Waals surface area contributed by atoms with Crippen molar-refractivity contribution in [3.05, 3.63) is 0 Å². The molecule has 0 aliphatic heterocycles. The minimum atomic E-state index is -1.16. The highest BCUT2D eigenvalue weighted by molar-refractivity contribution is 7.85. The maximum absolute atomic E-state index is 11.5. The number of esters is 1. The summed E-state index contributed by atoms with van der Waals surface area (Å²) in [6.45, 7) is 4.88. The highest BCUT2D eigenvalue weighted by atomic mass is 32.2. The van der Waals surface area contributed by atoms with Crippen LogP contribution >= 0.6 is 0 Å². The van der Waals surface area contributed by atoms with E-state index in [2.05, 4.69) is 10.1 Å². The minimum Gasteiger partial charge on any atom is -0.467 e. The monoisotopic (exact) mass is 235 g/mol. The fraction of sp³-hybridized carbons (Fsp3) is 0.778. The van der Waals surface area contributed by atoms with Gasteiger partial charge in [0.05, 0.1) is 12.9 Å². The van der Waals surface area contributed by atoms with E-state index in [-0.39, 0.29) is 16.9 Å². The number of rotatable bonds is 5. The van der Waals surface area contributed by atoms with Crippen molar-refractivity contribution in [3.63, 3.8) is 0 Å². The molecular formula is C9H17NO4S. The zero-order valence-corrected chi connectivity index (χ0v) is 10.2. The molecule has 0 saturated heterocycles. The third-order valence-corrected chi connectivity index (χ3v) is 3.43. The number of ether oxygens (including phenoxy) is 1. The molecule has 0 aromatic rings. The Morgan fingerprint density at radius 1 is 1.40 bits per heavy atom. The molecular weight excluding hydrogens is 218 g/mol. The molecule has 2 unspecified atom stereocenters. The average molecular weight is 235 g/mol. The van der Waals surface area contributed by atoms with Gasteiger partial charge in [0.2, 0.25) is 5.91 Å². The van der Waals surface area contributed by atoms with Crippen LogP contribution in [0, 0.1) is 0 Å². The van der Waals surface area contributed by atoms with Gasteiger partial charge in [-0.25, -0.2) is 4.79 Å². The van der Waals surface area contributed by atoms with Crippen LogP contribution in [-0.4, -0.2) is 40.2 Å². The van der Waals surface area contributed by atoms with Gasteiger partial charge in [0, 0.05) is 23.0 Å². The summed E-state index contributed by atoms with van der Waals surface area (Å²) in [4.78, 5) is 22.0. The molecule has 0 fully saturated rings. The number of carbonyl (C=O) groups is 2. The molecule has 0 radical (unpaired) electrons. The van der Waals surface area contributed by atoms with Gasteiger partial charge in [-0.3, -0.25) is 9.00 Å². The van der Waals surface area contributed by atoms with Crippen LogP contribution in [0.3, 0.4) is 0 Å². The Hall–Kier alpha value is -0.910. The normalized spacial score (nSPS) is 14.5. The van der Waals surface area contributed by atoms with Crippen molar-refractivity contribution in [2.24, 2.45) is 0 Å². The summed E-state index contributed by atoms with van der Waals surface area (Å²) in [5.41, 5.74) is 0. The summed E-state index contributed by atoms with van der Waals surface area (Å²) in [7, 11) is 0.0756. The molecule has 0 aromatic heterocycles. The molecule has 0 aliphatic carbocycles. The number of carbonyl (C=O) groups excluding carboxylic acids is 2. The molecule has 88 valence electrons. The Labute approximate surface area is 92.0 Å². The summed E-state index contributed by atoms with van der Waals surface area (Å²) >= 11 is 0. The lowest BCUT2D eigenvalue weighted by molar-refractivity contribution is -0.144. The standard InChI is InChI=1S/C9H17NO4S/c1-6(2)15(13)5-8(9(12)14-4)10-7(3)11/h6,8H,5H2,1-4H3,(H,10,11). The fourth-order valence-corrected chi connectivity index (χ4v) is 1.85. The molecule has 0 saturated carbocycles. The number of nitrogens with one attached hydrogen (secondary N) is 1. The van der Waals surface area contributed by atoms with Gasteiger partial charge < -0.3 is 10.1 Å². The number of amides is 1. The molecule has 0 heterocycles. The third-order valence-electron chi connectivity index (χ3n) is 1.72. The molecule has 0 rings (SSSR count). The molecule has 0 aromatic carbocycles. The van der Waals surface area contributed by atoms with Crippen molar-refractivity contribution in [3.8, 4) is 0 Å². The second kappa shape index (κ2) is 6.55. The summed E-state index contributed by atoms with van der Waals surface area (Å²) < 4.78 is 16.0. The summed E-state index contributed by atoms with van der Waals surface area (Å²) in [5, 5.41) is 2.36. The Kier molecular flexibility index (Phi) is 6.15. The smallest absolute Gasteiger partial charge is 0.329 e. The quantitative estimate of drug-likeness (QED) is 0.671. The van der Waals surface area contributed by atoms with Crippen LogP contribution in [0.4, 0.5) is 0 Å². The van der Waals surface area contributed by atoms with Gasteiger partial charge in [-0.05, 0) is 0 Å². The Morgan fingerprint density at radius 2 is 1.93 bits per heavy atom. The number of methoxy groups -OCH3 is 1. The molecule has 15 heavy (non-hydrogen) atoms. The lowest BCUT2D eigenvalue weighted by Gasteiger charge is -2.16. The highest BCUT2D eigenvalue weighted by Crippen LogP contribution is 1.99. The van der Waals surface area contributed by atoms with Crippen molar-refractivity contribution >= 4 is 22.7 Å². The largest absolute Gasteiger partial charge is 0.467 e. The average Bonchev–Trinajstić information content (AvgIpc) is 2.14. The zero-order valence-electron chi connectivity index (χ0n) is 9.40. The van der Waals surface area contributed by atoms with E-state index in [9.17, 15) is 13.8 Å². The van der Waals surface area contributed by atoms with E-state index < -0.39 is 22.8 Å². The molecule has 1 N–H and O–H groups in total. The highest BCUT2D eigenvalue weighted by Gasteiger charge is 2.23. The predicted molar refractivity (Wildman–Crippen MR) is 57.8 cm³/mol. The van der Waals surface area contributed by atoms with Gasteiger partial charge in [0.1, 0.15) is 6.04 Å². The Morgan fingerprint density at radius 3 is 2.27 bits per heavy atom. The lowest BCUT2D eigenvalue weighted by Crippen LogP contribution is -2.44. The minimum absolute atomic E-state index is 0.0501. The van der Waals surface area contributed by atoms with Gasteiger partial charge in [0.15, 0.2) is 0 Å². The summed E-state index contributed by atoms with van der Waals surface area (Å²) in [6, 6.07) is -0.823. The van der Waals surface area contributed by atoms with Crippen molar-refractivity contribution in [1.29, 1.82) is 0 Å². The van der Waals surface area contributed by atoms with Gasteiger partial charge >= 0.3 is 5.97 Å². The van der Waals surface area contributed by atoms with E-state index in [1.54, 1.807) is 13.8 Å². The van der Waals surface area contributed by atoms with E-state index in [0.717, 1.165) is 0 Å². The Bertz CT molecular complexity index is 265. The van der Waals surface area contributed by atoms with E-state index in [1.165, 1.54) is 14.0 Å². The maximum atomic E-state index is 11.5. The van der Waals surface area contributed by atoms with Gasteiger partial charge in [-0.2, -0.15) is 0 Å². The topological polar surface area (TPSA) is 72.5 Å². The van der Waals surface area contributed by atoms with Crippen LogP contribution in [0.5, 0.6) is 0 Å². The summed E-state index contributed by atoms with van der Waals surface area (Å²) in [5.74, 6) is -0.824. The van der Waals surface area contributed by atoms with Crippen LogP contribution in [-0.2, 0) is 25.1 Å². The summed E-state index contributed by atoms with van der Waals surface area (Å²) in [6.07, 6.45) is 0. The van der Waals surface area contributed by atoms with Crippen LogP contribution < -0.4 is 5.32 Å². The SMILES string of the molecule is COC(=O)C(CS(=O)C(C)C)NC(C)=O. The molecule has 5 nitrogen and oxygen atoms in total. The molecule has 1 amide bonds. The van der Waals surface area contributed by atoms with E-state index in [1.807, 2.05) is 0 Å². The molecule has 6 heteroatoms. The van der Waals surface area contributed by atoms with Crippen molar-refractivity contribution in [1.82, 2.24) is 5.32 Å². The first-order valence-corrected chi connectivity index (χ1v) is 5.98. The molecule has 0 bridgehead atoms. The van der Waals surface area contributed by atoms with Crippen LogP contribution in [0.1, 0.15) is 20.8 Å². The van der Waals surface area contributed by atoms with Crippen molar-refractivity contribution < 1.29 is 18.5 Å². The number of hydrogen-bond acceptors (Lipinski definition) is 4. The maximum Gasteiger partial charge on any atom is 0.329 e. The predicted octanol–water partition coefficient (Wildman–Crippen LogP) is -0.179. The van der Waals surface area contributed by atoms with Crippen molar-refractivity contribution in [2.75, 3.05) is 12.9 Å². The van der Waals surface area contributed by atoms with Gasteiger partial charge in [-0.15, -0.1) is 0 Å². The van der Waals surface area contributed by atoms with Crippen LogP contribution in [0.2, 0.25) is 0 Å². The first-order chi connectivity index (χ1) is 6.88.